The number of aryl methyl sites for hydroxylation is 1. The SMILES string of the molecule is Cc1cc(-c2nc3ccc(OCc4cscn4)cc3s2)c2ncc(OC(F)F)nc2c1. The summed E-state index contributed by atoms with van der Waals surface area (Å²) < 4.78 is 36.2. The van der Waals surface area contributed by atoms with Gasteiger partial charge in [0, 0.05) is 10.9 Å². The van der Waals surface area contributed by atoms with Crippen LogP contribution in [0.4, 0.5) is 8.78 Å². The average molecular weight is 456 g/mol. The molecular weight excluding hydrogens is 442 g/mol. The standard InChI is InChI=1S/C21H14F2N4O2S2/c1-11-4-14(19-16(5-11)26-18(7-24-19)29-21(22)23)20-27-15-3-2-13(6-17(15)31-20)28-8-12-9-30-10-25-12/h2-7,9-10,21H,8H2,1H3. The van der Waals surface area contributed by atoms with Gasteiger partial charge in [0.05, 0.1) is 38.7 Å². The molecule has 0 saturated heterocycles. The minimum atomic E-state index is -2.95. The van der Waals surface area contributed by atoms with Gasteiger partial charge in [-0.25, -0.2) is 19.9 Å². The van der Waals surface area contributed by atoms with Crippen LogP contribution in [0, 0.1) is 6.92 Å². The van der Waals surface area contributed by atoms with Gasteiger partial charge >= 0.3 is 6.61 Å². The first-order valence-corrected chi connectivity index (χ1v) is 10.9. The smallest absolute Gasteiger partial charge is 0.388 e. The van der Waals surface area contributed by atoms with Crippen molar-refractivity contribution in [2.24, 2.45) is 0 Å². The Morgan fingerprint density at radius 2 is 1.97 bits per heavy atom. The largest absolute Gasteiger partial charge is 0.487 e. The normalized spacial score (nSPS) is 11.5. The van der Waals surface area contributed by atoms with Crippen molar-refractivity contribution in [3.8, 4) is 22.2 Å². The molecule has 156 valence electrons. The first-order valence-electron chi connectivity index (χ1n) is 9.18. The molecule has 3 heterocycles. The molecule has 6 nitrogen and oxygen atoms in total. The Balaban J connectivity index is 1.50. The fraction of sp³-hybridized carbons (Fsp3) is 0.143. The highest BCUT2D eigenvalue weighted by Crippen LogP contribution is 2.36. The third kappa shape index (κ3) is 4.17. The topological polar surface area (TPSA) is 70.0 Å². The Morgan fingerprint density at radius 1 is 1.06 bits per heavy atom. The van der Waals surface area contributed by atoms with E-state index in [0.717, 1.165) is 37.8 Å². The van der Waals surface area contributed by atoms with Crippen molar-refractivity contribution >= 4 is 43.9 Å². The number of nitrogens with zero attached hydrogens (tertiary/aromatic N) is 4. The second-order valence-electron chi connectivity index (χ2n) is 6.68. The second kappa shape index (κ2) is 8.12. The van der Waals surface area contributed by atoms with E-state index in [1.165, 1.54) is 28.9 Å². The number of aromatic nitrogens is 4. The van der Waals surface area contributed by atoms with Gasteiger partial charge < -0.3 is 9.47 Å². The molecule has 0 aliphatic carbocycles. The van der Waals surface area contributed by atoms with E-state index in [9.17, 15) is 8.78 Å². The lowest BCUT2D eigenvalue weighted by molar-refractivity contribution is -0.0528. The molecule has 0 saturated carbocycles. The van der Waals surface area contributed by atoms with E-state index in [1.54, 1.807) is 11.6 Å². The summed E-state index contributed by atoms with van der Waals surface area (Å²) in [5, 5.41) is 2.71. The van der Waals surface area contributed by atoms with Crippen LogP contribution in [0.3, 0.4) is 0 Å². The Labute approximate surface area is 183 Å². The molecule has 0 atom stereocenters. The number of ether oxygens (including phenoxy) is 2. The highest BCUT2D eigenvalue weighted by atomic mass is 32.1. The van der Waals surface area contributed by atoms with Crippen LogP contribution in [0.1, 0.15) is 11.3 Å². The lowest BCUT2D eigenvalue weighted by atomic mass is 10.1. The van der Waals surface area contributed by atoms with Gasteiger partial charge in [-0.3, -0.25) is 0 Å². The summed E-state index contributed by atoms with van der Waals surface area (Å²) in [5.41, 5.74) is 6.24. The van der Waals surface area contributed by atoms with Crippen LogP contribution in [-0.2, 0) is 6.61 Å². The zero-order valence-corrected chi connectivity index (χ0v) is 17.7. The molecule has 0 unspecified atom stereocenters. The maximum Gasteiger partial charge on any atom is 0.388 e. The fourth-order valence-electron chi connectivity index (χ4n) is 3.14. The highest BCUT2D eigenvalue weighted by molar-refractivity contribution is 7.21. The summed E-state index contributed by atoms with van der Waals surface area (Å²) in [4.78, 5) is 17.4. The Kier molecular flexibility index (Phi) is 5.16. The summed E-state index contributed by atoms with van der Waals surface area (Å²) >= 11 is 3.03. The van der Waals surface area contributed by atoms with Crippen LogP contribution in [-0.4, -0.2) is 26.5 Å². The van der Waals surface area contributed by atoms with Gasteiger partial charge in [0.1, 0.15) is 17.4 Å². The molecule has 0 bridgehead atoms. The fourth-order valence-corrected chi connectivity index (χ4v) is 4.69. The van der Waals surface area contributed by atoms with Crippen molar-refractivity contribution in [3.05, 3.63) is 58.7 Å². The Hall–Kier alpha value is -3.24. The molecule has 0 fully saturated rings. The molecule has 0 amide bonds. The third-order valence-corrected chi connectivity index (χ3v) is 6.13. The summed E-state index contributed by atoms with van der Waals surface area (Å²) in [6.07, 6.45) is 1.20. The number of benzene rings is 2. The minimum absolute atomic E-state index is 0.217. The number of halogens is 2. The van der Waals surface area contributed by atoms with Gasteiger partial charge in [-0.05, 0) is 42.8 Å². The van der Waals surface area contributed by atoms with E-state index in [1.807, 2.05) is 36.6 Å². The lowest BCUT2D eigenvalue weighted by Gasteiger charge is -2.07. The first-order chi connectivity index (χ1) is 15.0. The lowest BCUT2D eigenvalue weighted by Crippen LogP contribution is -2.04. The van der Waals surface area contributed by atoms with E-state index in [4.69, 9.17) is 9.72 Å². The number of rotatable bonds is 6. The molecule has 0 aliphatic heterocycles. The van der Waals surface area contributed by atoms with Gasteiger partial charge in [-0.2, -0.15) is 8.78 Å². The van der Waals surface area contributed by atoms with Crippen molar-refractivity contribution < 1.29 is 18.3 Å². The number of hydrogen-bond donors (Lipinski definition) is 0. The average Bonchev–Trinajstić information content (AvgIpc) is 3.40. The zero-order chi connectivity index (χ0) is 21.4. The Bertz CT molecular complexity index is 1370. The van der Waals surface area contributed by atoms with Crippen molar-refractivity contribution in [1.82, 2.24) is 19.9 Å². The quantitative estimate of drug-likeness (QED) is 0.319. The molecule has 10 heteroatoms. The molecule has 0 spiro atoms. The molecule has 31 heavy (non-hydrogen) atoms. The van der Waals surface area contributed by atoms with Crippen molar-refractivity contribution in [2.45, 2.75) is 20.1 Å². The first kappa shape index (κ1) is 19.7. The molecule has 2 aromatic carbocycles. The second-order valence-corrected chi connectivity index (χ2v) is 8.43. The predicted molar refractivity (Wildman–Crippen MR) is 116 cm³/mol. The van der Waals surface area contributed by atoms with Crippen molar-refractivity contribution in [2.75, 3.05) is 0 Å². The highest BCUT2D eigenvalue weighted by Gasteiger charge is 2.15. The molecular formula is C21H14F2N4O2S2. The van der Waals surface area contributed by atoms with Crippen LogP contribution in [0.5, 0.6) is 11.6 Å². The maximum absolute atomic E-state index is 12.5. The van der Waals surface area contributed by atoms with Gasteiger partial charge in [-0.15, -0.1) is 22.7 Å². The molecule has 0 N–H and O–H groups in total. The summed E-state index contributed by atoms with van der Waals surface area (Å²) in [7, 11) is 0. The maximum atomic E-state index is 12.5. The molecule has 5 rings (SSSR count). The van der Waals surface area contributed by atoms with Crippen LogP contribution in [0.25, 0.3) is 31.8 Å². The van der Waals surface area contributed by atoms with Crippen molar-refractivity contribution in [1.29, 1.82) is 0 Å². The predicted octanol–water partition coefficient (Wildman–Crippen LogP) is 5.85. The van der Waals surface area contributed by atoms with E-state index in [-0.39, 0.29) is 5.88 Å². The van der Waals surface area contributed by atoms with E-state index < -0.39 is 6.61 Å². The van der Waals surface area contributed by atoms with Crippen LogP contribution in [0.2, 0.25) is 0 Å². The summed E-state index contributed by atoms with van der Waals surface area (Å²) in [6, 6.07) is 9.47. The van der Waals surface area contributed by atoms with Gasteiger partial charge in [0.15, 0.2) is 0 Å². The van der Waals surface area contributed by atoms with Gasteiger partial charge in [0.25, 0.3) is 0 Å². The minimum Gasteiger partial charge on any atom is -0.487 e. The Morgan fingerprint density at radius 3 is 2.77 bits per heavy atom. The number of alkyl halides is 2. The van der Waals surface area contributed by atoms with Crippen LogP contribution in [0.15, 0.2) is 47.4 Å². The van der Waals surface area contributed by atoms with E-state index in [2.05, 4.69) is 19.7 Å². The molecule has 0 aliphatic rings. The van der Waals surface area contributed by atoms with Crippen LogP contribution < -0.4 is 9.47 Å². The van der Waals surface area contributed by atoms with E-state index >= 15 is 0 Å². The summed E-state index contributed by atoms with van der Waals surface area (Å²) in [6.45, 7) is -0.641. The number of hydrogen-bond acceptors (Lipinski definition) is 8. The monoisotopic (exact) mass is 456 g/mol. The molecule has 3 aromatic heterocycles. The van der Waals surface area contributed by atoms with Crippen LogP contribution >= 0.6 is 22.7 Å². The van der Waals surface area contributed by atoms with E-state index in [0.29, 0.717) is 17.6 Å². The molecule has 5 aromatic rings. The zero-order valence-electron chi connectivity index (χ0n) is 16.1. The number of thiazole rings is 2. The third-order valence-electron chi connectivity index (χ3n) is 4.44. The van der Waals surface area contributed by atoms with Gasteiger partial charge in [0.2, 0.25) is 5.88 Å². The van der Waals surface area contributed by atoms with Gasteiger partial charge in [-0.1, -0.05) is 0 Å². The number of fused-ring (bicyclic) bond motifs is 2. The summed E-state index contributed by atoms with van der Waals surface area (Å²) in [5.74, 6) is 0.517. The molecule has 0 radical (unpaired) electrons. The van der Waals surface area contributed by atoms with Crippen molar-refractivity contribution in [3.63, 3.8) is 0 Å².